The van der Waals surface area contributed by atoms with Crippen molar-refractivity contribution in [1.29, 1.82) is 0 Å². The summed E-state index contributed by atoms with van der Waals surface area (Å²) in [5.74, 6) is 1.28. The molecular formula is C32H34ClNO2. The third-order valence-electron chi connectivity index (χ3n) is 8.19. The zero-order chi connectivity index (χ0) is 25.0. The Morgan fingerprint density at radius 3 is 2.39 bits per heavy atom. The van der Waals surface area contributed by atoms with Crippen LogP contribution in [0, 0.1) is 5.92 Å². The van der Waals surface area contributed by atoms with Crippen molar-refractivity contribution in [2.45, 2.75) is 63.4 Å². The van der Waals surface area contributed by atoms with Gasteiger partial charge in [0.05, 0.1) is 11.1 Å². The normalized spacial score (nSPS) is 20.8. The highest BCUT2D eigenvalue weighted by atomic mass is 35.5. The van der Waals surface area contributed by atoms with Crippen LogP contribution in [0.1, 0.15) is 56.6 Å². The standard InChI is InChI=1S/C32H34ClNO2/c1-2-25(14-13-23-9-5-3-6-10-23)32(26-11-7-4-8-12-26)18-15-27(16-19-32)36-30-21-24-17-20-34-31(35)28(24)22-29(30)33/h3-12,17,20-22,25,27H,2,13-16,18-19H2,1H3,(H,34,35). The van der Waals surface area contributed by atoms with E-state index in [0.29, 0.717) is 22.1 Å². The maximum absolute atomic E-state index is 12.1. The predicted octanol–water partition coefficient (Wildman–Crippen LogP) is 8.10. The second-order valence-electron chi connectivity index (χ2n) is 10.1. The molecule has 0 saturated heterocycles. The SMILES string of the molecule is CCC(CCc1ccccc1)C1(c2ccccc2)CCC(Oc2cc3cc[nH]c(=O)c3cc2Cl)CC1. The average molecular weight is 500 g/mol. The van der Waals surface area contributed by atoms with Crippen molar-refractivity contribution in [3.63, 3.8) is 0 Å². The van der Waals surface area contributed by atoms with Gasteiger partial charge in [0.1, 0.15) is 5.75 Å². The van der Waals surface area contributed by atoms with Crippen LogP contribution < -0.4 is 10.3 Å². The van der Waals surface area contributed by atoms with Crippen molar-refractivity contribution in [1.82, 2.24) is 4.98 Å². The van der Waals surface area contributed by atoms with E-state index in [4.69, 9.17) is 16.3 Å². The molecule has 1 aromatic heterocycles. The molecule has 4 aromatic rings. The van der Waals surface area contributed by atoms with Crippen LogP contribution in [0.25, 0.3) is 10.8 Å². The van der Waals surface area contributed by atoms with E-state index < -0.39 is 0 Å². The van der Waals surface area contributed by atoms with E-state index in [1.807, 2.05) is 12.1 Å². The summed E-state index contributed by atoms with van der Waals surface area (Å²) in [4.78, 5) is 14.8. The second kappa shape index (κ2) is 10.9. The molecular weight excluding hydrogens is 466 g/mol. The third kappa shape index (κ3) is 5.08. The maximum atomic E-state index is 12.1. The quantitative estimate of drug-likeness (QED) is 0.266. The largest absolute Gasteiger partial charge is 0.489 e. The lowest BCUT2D eigenvalue weighted by Gasteiger charge is -2.46. The molecule has 0 spiro atoms. The van der Waals surface area contributed by atoms with E-state index in [2.05, 4.69) is 72.6 Å². The maximum Gasteiger partial charge on any atom is 0.255 e. The third-order valence-corrected chi connectivity index (χ3v) is 8.49. The molecule has 1 atom stereocenters. The molecule has 1 aliphatic carbocycles. The molecule has 1 heterocycles. The van der Waals surface area contributed by atoms with Crippen molar-refractivity contribution >= 4 is 22.4 Å². The number of rotatable bonds is 8. The predicted molar refractivity (Wildman–Crippen MR) is 149 cm³/mol. The molecule has 1 aliphatic rings. The molecule has 186 valence electrons. The fourth-order valence-electron chi connectivity index (χ4n) is 6.24. The first-order chi connectivity index (χ1) is 17.6. The van der Waals surface area contributed by atoms with E-state index >= 15 is 0 Å². The lowest BCUT2D eigenvalue weighted by atomic mass is 9.59. The Labute approximate surface area is 218 Å². The van der Waals surface area contributed by atoms with E-state index in [1.165, 1.54) is 17.5 Å². The van der Waals surface area contributed by atoms with Crippen molar-refractivity contribution in [3.8, 4) is 5.75 Å². The second-order valence-corrected chi connectivity index (χ2v) is 10.6. The van der Waals surface area contributed by atoms with Crippen LogP contribution in [0.3, 0.4) is 0 Å². The molecule has 0 amide bonds. The first-order valence-electron chi connectivity index (χ1n) is 13.2. The number of H-pyrrole nitrogens is 1. The summed E-state index contributed by atoms with van der Waals surface area (Å²) in [6, 6.07) is 27.5. The number of pyridine rings is 1. The van der Waals surface area contributed by atoms with Gasteiger partial charge < -0.3 is 9.72 Å². The number of aromatic amines is 1. The molecule has 3 aromatic carbocycles. The van der Waals surface area contributed by atoms with E-state index in [1.54, 1.807) is 12.3 Å². The fourth-order valence-corrected chi connectivity index (χ4v) is 6.45. The van der Waals surface area contributed by atoms with Crippen LogP contribution in [0.5, 0.6) is 5.75 Å². The first kappa shape index (κ1) is 24.6. The van der Waals surface area contributed by atoms with Gasteiger partial charge in [-0.15, -0.1) is 0 Å². The Kier molecular flexibility index (Phi) is 7.48. The van der Waals surface area contributed by atoms with Gasteiger partial charge in [0, 0.05) is 11.6 Å². The molecule has 36 heavy (non-hydrogen) atoms. The van der Waals surface area contributed by atoms with Gasteiger partial charge in [-0.2, -0.15) is 0 Å². The van der Waals surface area contributed by atoms with Gasteiger partial charge in [-0.1, -0.05) is 85.6 Å². The number of ether oxygens (including phenoxy) is 1. The Bertz CT molecular complexity index is 1340. The topological polar surface area (TPSA) is 42.1 Å². The van der Waals surface area contributed by atoms with Crippen LogP contribution in [-0.4, -0.2) is 11.1 Å². The van der Waals surface area contributed by atoms with Gasteiger partial charge in [-0.05, 0) is 84.6 Å². The zero-order valence-corrected chi connectivity index (χ0v) is 21.6. The Morgan fingerprint density at radius 2 is 1.69 bits per heavy atom. The molecule has 3 nitrogen and oxygen atoms in total. The van der Waals surface area contributed by atoms with Crippen molar-refractivity contribution in [3.05, 3.63) is 112 Å². The summed E-state index contributed by atoms with van der Waals surface area (Å²) < 4.78 is 6.46. The first-order valence-corrected chi connectivity index (χ1v) is 13.5. The zero-order valence-electron chi connectivity index (χ0n) is 20.9. The Morgan fingerprint density at radius 1 is 1.00 bits per heavy atom. The number of hydrogen-bond acceptors (Lipinski definition) is 2. The summed E-state index contributed by atoms with van der Waals surface area (Å²) >= 11 is 6.54. The molecule has 1 unspecified atom stereocenters. The number of hydrogen-bond donors (Lipinski definition) is 1. The molecule has 0 bridgehead atoms. The molecule has 5 rings (SSSR count). The number of aryl methyl sites for hydroxylation is 1. The lowest BCUT2D eigenvalue weighted by Crippen LogP contribution is -2.41. The molecule has 0 aliphatic heterocycles. The molecule has 1 fully saturated rings. The summed E-state index contributed by atoms with van der Waals surface area (Å²) in [6.45, 7) is 2.35. The Hall–Kier alpha value is -3.04. The van der Waals surface area contributed by atoms with Crippen LogP contribution in [0.15, 0.2) is 89.9 Å². The molecule has 1 saturated carbocycles. The number of halogens is 1. The van der Waals surface area contributed by atoms with Gasteiger partial charge in [-0.3, -0.25) is 4.79 Å². The van der Waals surface area contributed by atoms with E-state index in [0.717, 1.165) is 43.9 Å². The molecule has 0 radical (unpaired) electrons. The highest BCUT2D eigenvalue weighted by Gasteiger charge is 2.42. The smallest absolute Gasteiger partial charge is 0.255 e. The van der Waals surface area contributed by atoms with Gasteiger partial charge >= 0.3 is 0 Å². The number of nitrogens with one attached hydrogen (secondary N) is 1. The van der Waals surface area contributed by atoms with Crippen molar-refractivity contribution < 1.29 is 4.74 Å². The Balaban J connectivity index is 1.35. The number of aromatic nitrogens is 1. The minimum Gasteiger partial charge on any atom is -0.489 e. The lowest BCUT2D eigenvalue weighted by molar-refractivity contribution is 0.0827. The average Bonchev–Trinajstić information content (AvgIpc) is 2.92. The van der Waals surface area contributed by atoms with Gasteiger partial charge in [0.2, 0.25) is 0 Å². The molecule has 1 N–H and O–H groups in total. The van der Waals surface area contributed by atoms with Crippen molar-refractivity contribution in [2.75, 3.05) is 0 Å². The van der Waals surface area contributed by atoms with Crippen molar-refractivity contribution in [2.24, 2.45) is 5.92 Å². The summed E-state index contributed by atoms with van der Waals surface area (Å²) in [5.41, 5.74) is 2.91. The minimum absolute atomic E-state index is 0.116. The highest BCUT2D eigenvalue weighted by molar-refractivity contribution is 6.32. The van der Waals surface area contributed by atoms with Gasteiger partial charge in [0.15, 0.2) is 0 Å². The monoisotopic (exact) mass is 499 g/mol. The summed E-state index contributed by atoms with van der Waals surface area (Å²) in [6.07, 6.45) is 9.41. The number of fused-ring (bicyclic) bond motifs is 1. The number of benzene rings is 3. The summed E-state index contributed by atoms with van der Waals surface area (Å²) in [5, 5.41) is 1.93. The van der Waals surface area contributed by atoms with Crippen LogP contribution >= 0.6 is 11.6 Å². The highest BCUT2D eigenvalue weighted by Crippen LogP contribution is 2.49. The van der Waals surface area contributed by atoms with Crippen LogP contribution in [0.4, 0.5) is 0 Å². The van der Waals surface area contributed by atoms with Crippen LogP contribution in [0.2, 0.25) is 5.02 Å². The summed E-state index contributed by atoms with van der Waals surface area (Å²) in [7, 11) is 0. The fraction of sp³-hybridized carbons (Fsp3) is 0.344. The van der Waals surface area contributed by atoms with E-state index in [9.17, 15) is 4.79 Å². The van der Waals surface area contributed by atoms with E-state index in [-0.39, 0.29) is 17.1 Å². The minimum atomic E-state index is -0.132. The van der Waals surface area contributed by atoms with Gasteiger partial charge in [-0.25, -0.2) is 0 Å². The molecule has 4 heteroatoms. The van der Waals surface area contributed by atoms with Gasteiger partial charge in [0.25, 0.3) is 5.56 Å². The van der Waals surface area contributed by atoms with Crippen LogP contribution in [-0.2, 0) is 11.8 Å².